The van der Waals surface area contributed by atoms with Crippen LogP contribution in [0.25, 0.3) is 0 Å². The van der Waals surface area contributed by atoms with Crippen molar-refractivity contribution in [1.82, 2.24) is 9.88 Å². The maximum absolute atomic E-state index is 13.8. The van der Waals surface area contributed by atoms with E-state index in [2.05, 4.69) is 4.98 Å². The van der Waals surface area contributed by atoms with Gasteiger partial charge >= 0.3 is 0 Å². The first-order valence-electron chi connectivity index (χ1n) is 7.37. The molecule has 0 bridgehead atoms. The number of hydrogen-bond acceptors (Lipinski definition) is 3. The average Bonchev–Trinajstić information content (AvgIpc) is 2.55. The van der Waals surface area contributed by atoms with Gasteiger partial charge in [0.05, 0.1) is 11.3 Å². The zero-order valence-corrected chi connectivity index (χ0v) is 12.5. The van der Waals surface area contributed by atoms with Gasteiger partial charge in [-0.25, -0.2) is 4.39 Å². The Bertz CT molecular complexity index is 681. The van der Waals surface area contributed by atoms with Crippen LogP contribution in [0.3, 0.4) is 0 Å². The average molecular weight is 299 g/mol. The molecule has 0 unspecified atom stereocenters. The molecule has 2 heterocycles. The molecule has 0 saturated carbocycles. The largest absolute Gasteiger partial charge is 0.366 e. The molecule has 1 aliphatic rings. The summed E-state index contributed by atoms with van der Waals surface area (Å²) in [5.41, 5.74) is 1.98. The number of pyridine rings is 1. The number of amides is 1. The fraction of sp³-hybridized carbons (Fsp3) is 0.294. The minimum Gasteiger partial charge on any atom is -0.366 e. The van der Waals surface area contributed by atoms with E-state index in [1.165, 1.54) is 6.07 Å². The molecule has 1 aromatic heterocycles. The van der Waals surface area contributed by atoms with E-state index in [-0.39, 0.29) is 11.7 Å². The second-order valence-corrected chi connectivity index (χ2v) is 5.37. The number of para-hydroxylation sites is 1. The van der Waals surface area contributed by atoms with Crippen molar-refractivity contribution in [3.63, 3.8) is 0 Å². The number of carbonyl (C=O) groups is 1. The molecule has 2 aromatic rings. The molecular weight excluding hydrogens is 281 g/mol. The van der Waals surface area contributed by atoms with Crippen LogP contribution in [0.15, 0.2) is 42.6 Å². The first kappa shape index (κ1) is 14.5. The third kappa shape index (κ3) is 2.79. The van der Waals surface area contributed by atoms with E-state index < -0.39 is 0 Å². The van der Waals surface area contributed by atoms with Crippen molar-refractivity contribution in [2.75, 3.05) is 31.1 Å². The Morgan fingerprint density at radius 1 is 1.09 bits per heavy atom. The smallest absolute Gasteiger partial charge is 0.255 e. The van der Waals surface area contributed by atoms with E-state index in [0.717, 1.165) is 5.69 Å². The number of halogens is 1. The number of aryl methyl sites for hydroxylation is 1. The van der Waals surface area contributed by atoms with Crippen molar-refractivity contribution < 1.29 is 9.18 Å². The summed E-state index contributed by atoms with van der Waals surface area (Å²) in [7, 11) is 0. The molecule has 1 amide bonds. The number of hydrogen-bond donors (Lipinski definition) is 0. The minimum absolute atomic E-state index is 0.00113. The van der Waals surface area contributed by atoms with Crippen molar-refractivity contribution in [2.24, 2.45) is 0 Å². The van der Waals surface area contributed by atoms with E-state index in [4.69, 9.17) is 0 Å². The lowest BCUT2D eigenvalue weighted by atomic mass is 10.1. The maximum Gasteiger partial charge on any atom is 0.255 e. The SMILES string of the molecule is Cc1ncccc1C(=O)N1CCN(c2ccccc2F)CC1. The van der Waals surface area contributed by atoms with Crippen LogP contribution in [0.4, 0.5) is 10.1 Å². The van der Waals surface area contributed by atoms with Gasteiger partial charge in [0.25, 0.3) is 5.91 Å². The van der Waals surface area contributed by atoms with Crippen molar-refractivity contribution in [3.8, 4) is 0 Å². The monoisotopic (exact) mass is 299 g/mol. The number of nitrogens with zero attached hydrogens (tertiary/aromatic N) is 3. The Labute approximate surface area is 129 Å². The Morgan fingerprint density at radius 2 is 1.82 bits per heavy atom. The van der Waals surface area contributed by atoms with Gasteiger partial charge in [-0.3, -0.25) is 9.78 Å². The number of carbonyl (C=O) groups excluding carboxylic acids is 1. The van der Waals surface area contributed by atoms with Gasteiger partial charge in [-0.05, 0) is 31.2 Å². The molecule has 1 saturated heterocycles. The van der Waals surface area contributed by atoms with E-state index in [1.54, 1.807) is 35.4 Å². The topological polar surface area (TPSA) is 36.4 Å². The summed E-state index contributed by atoms with van der Waals surface area (Å²) < 4.78 is 13.8. The molecule has 114 valence electrons. The first-order chi connectivity index (χ1) is 10.7. The van der Waals surface area contributed by atoms with Gasteiger partial charge in [0.2, 0.25) is 0 Å². The number of benzene rings is 1. The van der Waals surface area contributed by atoms with Gasteiger partial charge < -0.3 is 9.80 Å². The van der Waals surface area contributed by atoms with Crippen LogP contribution in [0.1, 0.15) is 16.1 Å². The second-order valence-electron chi connectivity index (χ2n) is 5.37. The van der Waals surface area contributed by atoms with Crippen LogP contribution in [0.5, 0.6) is 0 Å². The summed E-state index contributed by atoms with van der Waals surface area (Å²) in [4.78, 5) is 20.5. The zero-order chi connectivity index (χ0) is 15.5. The Morgan fingerprint density at radius 3 is 2.50 bits per heavy atom. The highest BCUT2D eigenvalue weighted by molar-refractivity contribution is 5.95. The summed E-state index contributed by atoms with van der Waals surface area (Å²) in [5, 5.41) is 0. The lowest BCUT2D eigenvalue weighted by Crippen LogP contribution is -2.49. The molecule has 4 nitrogen and oxygen atoms in total. The van der Waals surface area contributed by atoms with Gasteiger partial charge in [-0.2, -0.15) is 0 Å². The molecule has 0 spiro atoms. The minimum atomic E-state index is -0.217. The summed E-state index contributed by atoms with van der Waals surface area (Å²) in [6.45, 7) is 4.27. The quantitative estimate of drug-likeness (QED) is 0.855. The molecule has 0 atom stereocenters. The lowest BCUT2D eigenvalue weighted by molar-refractivity contribution is 0.0745. The van der Waals surface area contributed by atoms with Crippen LogP contribution >= 0.6 is 0 Å². The van der Waals surface area contributed by atoms with Crippen LogP contribution in [0, 0.1) is 12.7 Å². The van der Waals surface area contributed by atoms with Gasteiger partial charge in [0, 0.05) is 38.1 Å². The molecule has 0 aliphatic carbocycles. The first-order valence-corrected chi connectivity index (χ1v) is 7.37. The van der Waals surface area contributed by atoms with Gasteiger partial charge in [-0.15, -0.1) is 0 Å². The molecule has 1 fully saturated rings. The van der Waals surface area contributed by atoms with E-state index >= 15 is 0 Å². The molecule has 22 heavy (non-hydrogen) atoms. The van der Waals surface area contributed by atoms with Crippen molar-refractivity contribution in [3.05, 3.63) is 59.7 Å². The Balaban J connectivity index is 1.68. The molecule has 0 N–H and O–H groups in total. The highest BCUT2D eigenvalue weighted by Gasteiger charge is 2.24. The Hall–Kier alpha value is -2.43. The predicted molar refractivity (Wildman–Crippen MR) is 83.5 cm³/mol. The second kappa shape index (κ2) is 6.13. The van der Waals surface area contributed by atoms with Crippen LogP contribution in [0.2, 0.25) is 0 Å². The summed E-state index contributed by atoms with van der Waals surface area (Å²) in [6.07, 6.45) is 1.68. The van der Waals surface area contributed by atoms with Crippen molar-refractivity contribution in [1.29, 1.82) is 0 Å². The summed E-state index contributed by atoms with van der Waals surface area (Å²) in [6, 6.07) is 10.3. The lowest BCUT2D eigenvalue weighted by Gasteiger charge is -2.36. The van der Waals surface area contributed by atoms with Crippen LogP contribution < -0.4 is 4.90 Å². The fourth-order valence-electron chi connectivity index (χ4n) is 2.74. The van der Waals surface area contributed by atoms with Gasteiger partial charge in [0.1, 0.15) is 5.82 Å². The molecule has 0 radical (unpaired) electrons. The third-order valence-electron chi connectivity index (χ3n) is 4.00. The Kier molecular flexibility index (Phi) is 4.04. The molecular formula is C17H18FN3O. The number of aromatic nitrogens is 1. The molecule has 1 aromatic carbocycles. The number of rotatable bonds is 2. The highest BCUT2D eigenvalue weighted by atomic mass is 19.1. The standard InChI is InChI=1S/C17H18FN3O/c1-13-14(5-4-8-19-13)17(22)21-11-9-20(10-12-21)16-7-3-2-6-15(16)18/h2-8H,9-12H2,1H3. The molecule has 1 aliphatic heterocycles. The normalized spacial score (nSPS) is 15.0. The highest BCUT2D eigenvalue weighted by Crippen LogP contribution is 2.21. The summed E-state index contributed by atoms with van der Waals surface area (Å²) >= 11 is 0. The van der Waals surface area contributed by atoms with Gasteiger partial charge in [-0.1, -0.05) is 12.1 Å². The van der Waals surface area contributed by atoms with Crippen molar-refractivity contribution >= 4 is 11.6 Å². The molecule has 5 heteroatoms. The maximum atomic E-state index is 13.8. The van der Waals surface area contributed by atoms with E-state index in [9.17, 15) is 9.18 Å². The summed E-state index contributed by atoms with van der Waals surface area (Å²) in [5.74, 6) is -0.218. The fourth-order valence-corrected chi connectivity index (χ4v) is 2.74. The van der Waals surface area contributed by atoms with Gasteiger partial charge in [0.15, 0.2) is 0 Å². The van der Waals surface area contributed by atoms with Crippen LogP contribution in [-0.4, -0.2) is 42.0 Å². The number of piperazine rings is 1. The molecule has 3 rings (SSSR count). The predicted octanol–water partition coefficient (Wildman–Crippen LogP) is 2.49. The number of anilines is 1. The third-order valence-corrected chi connectivity index (χ3v) is 4.00. The van der Waals surface area contributed by atoms with E-state index in [0.29, 0.717) is 37.4 Å². The van der Waals surface area contributed by atoms with E-state index in [1.807, 2.05) is 17.9 Å². The zero-order valence-electron chi connectivity index (χ0n) is 12.5. The van der Waals surface area contributed by atoms with Crippen molar-refractivity contribution in [2.45, 2.75) is 6.92 Å². The van der Waals surface area contributed by atoms with Crippen LogP contribution in [-0.2, 0) is 0 Å².